The molecule has 0 heterocycles. The van der Waals surface area contributed by atoms with Gasteiger partial charge < -0.3 is 4.74 Å². The molecule has 0 N–H and O–H groups in total. The van der Waals surface area contributed by atoms with Gasteiger partial charge in [0.1, 0.15) is 5.09 Å². The maximum Gasteiger partial charge on any atom is 0.148 e. The number of rotatable bonds is 2. The van der Waals surface area contributed by atoms with Gasteiger partial charge in [0, 0.05) is 0 Å². The molecule has 0 aliphatic carbocycles. The summed E-state index contributed by atoms with van der Waals surface area (Å²) >= 11 is 1.61. The van der Waals surface area contributed by atoms with Gasteiger partial charge in [0.05, 0.1) is 7.11 Å². The topological polar surface area (TPSA) is 9.23 Å². The standard InChI is InChI=1S/C5H10OS/c1-4-5(6-2)7-3/h4H,1-3H3/b5-4-. The monoisotopic (exact) mass is 118 g/mol. The Morgan fingerprint density at radius 2 is 2.29 bits per heavy atom. The van der Waals surface area contributed by atoms with Gasteiger partial charge in [-0.15, -0.1) is 0 Å². The Morgan fingerprint density at radius 3 is 2.29 bits per heavy atom. The summed E-state index contributed by atoms with van der Waals surface area (Å²) in [5.74, 6) is 0. The third-order valence-electron chi connectivity index (χ3n) is 0.638. The van der Waals surface area contributed by atoms with Crippen LogP contribution in [0.1, 0.15) is 6.92 Å². The van der Waals surface area contributed by atoms with Crippen molar-refractivity contribution in [3.8, 4) is 0 Å². The molecule has 0 radical (unpaired) electrons. The molecular weight excluding hydrogens is 108 g/mol. The second kappa shape index (κ2) is 4.06. The Kier molecular flexibility index (Phi) is 4.00. The first-order chi connectivity index (χ1) is 3.35. The van der Waals surface area contributed by atoms with Crippen LogP contribution in [0.3, 0.4) is 0 Å². The number of ether oxygens (including phenoxy) is 1. The van der Waals surface area contributed by atoms with Crippen molar-refractivity contribution in [1.29, 1.82) is 0 Å². The molecule has 0 unspecified atom stereocenters. The summed E-state index contributed by atoms with van der Waals surface area (Å²) in [5, 5.41) is 0.972. The molecule has 0 aliphatic heterocycles. The van der Waals surface area contributed by atoms with Crippen molar-refractivity contribution in [2.45, 2.75) is 6.92 Å². The molecule has 0 aromatic heterocycles. The van der Waals surface area contributed by atoms with Crippen molar-refractivity contribution < 1.29 is 4.74 Å². The molecule has 1 nitrogen and oxygen atoms in total. The van der Waals surface area contributed by atoms with Crippen molar-refractivity contribution in [2.75, 3.05) is 13.4 Å². The molecule has 0 aliphatic rings. The van der Waals surface area contributed by atoms with Crippen molar-refractivity contribution in [2.24, 2.45) is 0 Å². The van der Waals surface area contributed by atoms with Crippen LogP contribution in [0.15, 0.2) is 11.2 Å². The number of methoxy groups -OCH3 is 1. The molecule has 0 bridgehead atoms. The summed E-state index contributed by atoms with van der Waals surface area (Å²) in [6.07, 6.45) is 3.92. The smallest absolute Gasteiger partial charge is 0.148 e. The molecule has 0 saturated carbocycles. The zero-order valence-electron chi connectivity index (χ0n) is 4.89. The normalized spacial score (nSPS) is 11.6. The molecule has 0 fully saturated rings. The van der Waals surface area contributed by atoms with E-state index in [0.29, 0.717) is 0 Å². The van der Waals surface area contributed by atoms with Crippen LogP contribution in [0.25, 0.3) is 0 Å². The highest BCUT2D eigenvalue weighted by Crippen LogP contribution is 2.09. The minimum absolute atomic E-state index is 0.972. The Morgan fingerprint density at radius 1 is 1.71 bits per heavy atom. The first kappa shape index (κ1) is 6.89. The highest BCUT2D eigenvalue weighted by molar-refractivity contribution is 8.02. The average Bonchev–Trinajstić information content (AvgIpc) is 1.72. The van der Waals surface area contributed by atoms with Gasteiger partial charge in [0.15, 0.2) is 0 Å². The summed E-state index contributed by atoms with van der Waals surface area (Å²) in [5.41, 5.74) is 0. The van der Waals surface area contributed by atoms with E-state index >= 15 is 0 Å². The van der Waals surface area contributed by atoms with Crippen LogP contribution in [-0.4, -0.2) is 13.4 Å². The van der Waals surface area contributed by atoms with Gasteiger partial charge in [-0.05, 0) is 19.3 Å². The first-order valence-electron chi connectivity index (χ1n) is 2.09. The van der Waals surface area contributed by atoms with E-state index in [1.165, 1.54) is 0 Å². The summed E-state index contributed by atoms with van der Waals surface area (Å²) < 4.78 is 4.87. The van der Waals surface area contributed by atoms with Crippen LogP contribution in [0, 0.1) is 0 Å². The van der Waals surface area contributed by atoms with E-state index in [1.54, 1.807) is 18.9 Å². The summed E-state index contributed by atoms with van der Waals surface area (Å²) in [7, 11) is 1.67. The fourth-order valence-corrected chi connectivity index (χ4v) is 0.721. The highest BCUT2D eigenvalue weighted by atomic mass is 32.2. The van der Waals surface area contributed by atoms with Gasteiger partial charge in [-0.25, -0.2) is 0 Å². The van der Waals surface area contributed by atoms with Gasteiger partial charge >= 0.3 is 0 Å². The van der Waals surface area contributed by atoms with Gasteiger partial charge in [0.2, 0.25) is 0 Å². The van der Waals surface area contributed by atoms with Crippen LogP contribution >= 0.6 is 11.8 Å². The Balaban J connectivity index is 3.38. The van der Waals surface area contributed by atoms with E-state index < -0.39 is 0 Å². The Hall–Kier alpha value is -0.110. The van der Waals surface area contributed by atoms with E-state index in [4.69, 9.17) is 4.74 Å². The third kappa shape index (κ3) is 2.57. The molecule has 42 valence electrons. The second-order valence-corrected chi connectivity index (χ2v) is 1.83. The van der Waals surface area contributed by atoms with Crippen LogP contribution in [0.4, 0.5) is 0 Å². The van der Waals surface area contributed by atoms with Crippen molar-refractivity contribution >= 4 is 11.8 Å². The Bertz CT molecular complexity index is 62.5. The second-order valence-electron chi connectivity index (χ2n) is 1.02. The van der Waals surface area contributed by atoms with Crippen LogP contribution in [0.5, 0.6) is 0 Å². The molecular formula is C5H10OS. The molecule has 0 amide bonds. The van der Waals surface area contributed by atoms with Crippen molar-refractivity contribution in [1.82, 2.24) is 0 Å². The van der Waals surface area contributed by atoms with E-state index in [0.717, 1.165) is 5.09 Å². The lowest BCUT2D eigenvalue weighted by Crippen LogP contribution is -1.75. The zero-order valence-corrected chi connectivity index (χ0v) is 5.71. The first-order valence-corrected chi connectivity index (χ1v) is 3.32. The van der Waals surface area contributed by atoms with Crippen LogP contribution in [0.2, 0.25) is 0 Å². The lowest BCUT2D eigenvalue weighted by Gasteiger charge is -1.96. The number of allylic oxidation sites excluding steroid dienone is 1. The van der Waals surface area contributed by atoms with Gasteiger partial charge in [0.25, 0.3) is 0 Å². The lowest BCUT2D eigenvalue weighted by molar-refractivity contribution is 0.324. The van der Waals surface area contributed by atoms with Crippen molar-refractivity contribution in [3.63, 3.8) is 0 Å². The highest BCUT2D eigenvalue weighted by Gasteiger charge is 1.83. The molecule has 2 heteroatoms. The fraction of sp³-hybridized carbons (Fsp3) is 0.600. The number of hydrogen-bond donors (Lipinski definition) is 0. The maximum absolute atomic E-state index is 4.87. The quantitative estimate of drug-likeness (QED) is 0.512. The van der Waals surface area contributed by atoms with Gasteiger partial charge in [-0.1, -0.05) is 11.8 Å². The molecule has 7 heavy (non-hydrogen) atoms. The maximum atomic E-state index is 4.87. The molecule has 0 aromatic rings. The fourth-order valence-electron chi connectivity index (χ4n) is 0.319. The van der Waals surface area contributed by atoms with Crippen LogP contribution in [-0.2, 0) is 4.74 Å². The predicted molar refractivity (Wildman–Crippen MR) is 34.3 cm³/mol. The van der Waals surface area contributed by atoms with Gasteiger partial charge in [-0.2, -0.15) is 0 Å². The molecule has 0 atom stereocenters. The Labute approximate surface area is 48.7 Å². The number of hydrogen-bond acceptors (Lipinski definition) is 2. The summed E-state index contributed by atoms with van der Waals surface area (Å²) in [6, 6.07) is 0. The van der Waals surface area contributed by atoms with Crippen LogP contribution < -0.4 is 0 Å². The SMILES string of the molecule is C/C=C(/OC)SC. The lowest BCUT2D eigenvalue weighted by atomic mass is 10.7. The largest absolute Gasteiger partial charge is 0.491 e. The van der Waals surface area contributed by atoms with Crippen molar-refractivity contribution in [3.05, 3.63) is 11.2 Å². The van der Waals surface area contributed by atoms with Gasteiger partial charge in [-0.3, -0.25) is 0 Å². The molecule has 0 spiro atoms. The zero-order chi connectivity index (χ0) is 5.70. The molecule has 0 aromatic carbocycles. The third-order valence-corrected chi connectivity index (χ3v) is 1.44. The molecule has 0 rings (SSSR count). The minimum Gasteiger partial charge on any atom is -0.491 e. The predicted octanol–water partition coefficient (Wildman–Crippen LogP) is 1.86. The summed E-state index contributed by atoms with van der Waals surface area (Å²) in [4.78, 5) is 0. The van der Waals surface area contributed by atoms with E-state index in [2.05, 4.69) is 0 Å². The van der Waals surface area contributed by atoms with E-state index in [-0.39, 0.29) is 0 Å². The molecule has 0 saturated heterocycles. The van der Waals surface area contributed by atoms with E-state index in [1.807, 2.05) is 19.3 Å². The summed E-state index contributed by atoms with van der Waals surface area (Å²) in [6.45, 7) is 1.95. The number of thioether (sulfide) groups is 1. The van der Waals surface area contributed by atoms with E-state index in [9.17, 15) is 0 Å². The minimum atomic E-state index is 0.972. The average molecular weight is 118 g/mol.